The van der Waals surface area contributed by atoms with Gasteiger partial charge in [-0.2, -0.15) is 4.98 Å². The highest BCUT2D eigenvalue weighted by Gasteiger charge is 2.34. The highest BCUT2D eigenvalue weighted by molar-refractivity contribution is 5.41. The van der Waals surface area contributed by atoms with Crippen molar-refractivity contribution in [2.45, 2.75) is 57.0 Å². The van der Waals surface area contributed by atoms with E-state index in [2.05, 4.69) is 34.5 Å². The highest BCUT2D eigenvalue weighted by atomic mass is 15.3. The lowest BCUT2D eigenvalue weighted by molar-refractivity contribution is 0.314. The quantitative estimate of drug-likeness (QED) is 0.863. The number of rotatable bonds is 5. The van der Waals surface area contributed by atoms with Crippen molar-refractivity contribution in [3.63, 3.8) is 0 Å². The molecule has 4 heterocycles. The summed E-state index contributed by atoms with van der Waals surface area (Å²) in [4.78, 5) is 13.2. The number of anilines is 2. The van der Waals surface area contributed by atoms with Crippen LogP contribution in [-0.4, -0.2) is 55.8 Å². The van der Waals surface area contributed by atoms with E-state index in [-0.39, 0.29) is 0 Å². The first-order valence-electron chi connectivity index (χ1n) is 10.3. The Kier molecular flexibility index (Phi) is 4.43. The predicted octanol–water partition coefficient (Wildman–Crippen LogP) is 1.96. The van der Waals surface area contributed by atoms with Crippen LogP contribution >= 0.6 is 0 Å². The molecule has 0 atom stereocenters. The summed E-state index contributed by atoms with van der Waals surface area (Å²) < 4.78 is 2.49. The van der Waals surface area contributed by atoms with E-state index in [1.54, 1.807) is 6.20 Å². The Labute approximate surface area is 159 Å². The van der Waals surface area contributed by atoms with Crippen LogP contribution in [0.5, 0.6) is 0 Å². The molecule has 1 saturated carbocycles. The van der Waals surface area contributed by atoms with E-state index in [4.69, 9.17) is 5.73 Å². The van der Waals surface area contributed by atoms with Gasteiger partial charge in [-0.3, -0.25) is 4.90 Å². The average Bonchev–Trinajstić information content (AvgIpc) is 3.23. The van der Waals surface area contributed by atoms with Gasteiger partial charge in [0, 0.05) is 31.2 Å². The van der Waals surface area contributed by atoms with Crippen molar-refractivity contribution in [1.82, 2.24) is 29.6 Å². The molecule has 0 amide bonds. The van der Waals surface area contributed by atoms with Crippen molar-refractivity contribution < 1.29 is 0 Å². The molecule has 2 aromatic rings. The molecule has 8 heteroatoms. The molecule has 0 radical (unpaired) electrons. The van der Waals surface area contributed by atoms with E-state index in [0.717, 1.165) is 38.3 Å². The number of nitrogens with zero attached hydrogens (tertiary/aromatic N) is 7. The molecule has 2 aliphatic heterocycles. The number of nitrogen functional groups attached to an aromatic ring is 1. The molecular weight excluding hydrogens is 340 g/mol. The number of nitrogens with two attached hydrogens (primary N) is 1. The minimum absolute atomic E-state index is 0.342. The van der Waals surface area contributed by atoms with Crippen molar-refractivity contribution in [2.24, 2.45) is 0 Å². The maximum absolute atomic E-state index is 5.74. The molecule has 0 aromatic carbocycles. The van der Waals surface area contributed by atoms with E-state index < -0.39 is 0 Å². The van der Waals surface area contributed by atoms with Gasteiger partial charge in [0.15, 0.2) is 0 Å². The average molecular weight is 368 g/mol. The summed E-state index contributed by atoms with van der Waals surface area (Å²) in [6, 6.07) is 2.57. The van der Waals surface area contributed by atoms with Crippen LogP contribution in [0.4, 0.5) is 11.8 Å². The summed E-state index contributed by atoms with van der Waals surface area (Å²) in [6.07, 6.45) is 9.08. The van der Waals surface area contributed by atoms with E-state index in [1.165, 1.54) is 50.4 Å². The predicted molar refractivity (Wildman–Crippen MR) is 103 cm³/mol. The zero-order valence-corrected chi connectivity index (χ0v) is 15.8. The molecule has 0 unspecified atom stereocenters. The molecule has 0 bridgehead atoms. The summed E-state index contributed by atoms with van der Waals surface area (Å²) in [6.45, 7) is 5.31. The Morgan fingerprint density at radius 3 is 2.48 bits per heavy atom. The third-order valence-electron chi connectivity index (χ3n) is 6.11. The van der Waals surface area contributed by atoms with Gasteiger partial charge in [-0.1, -0.05) is 0 Å². The third-order valence-corrected chi connectivity index (χ3v) is 6.11. The van der Waals surface area contributed by atoms with E-state index in [1.807, 2.05) is 6.07 Å². The van der Waals surface area contributed by atoms with Crippen LogP contribution < -0.4 is 10.6 Å². The van der Waals surface area contributed by atoms with Crippen LogP contribution in [0, 0.1) is 0 Å². The van der Waals surface area contributed by atoms with Crippen LogP contribution in [0.3, 0.4) is 0 Å². The van der Waals surface area contributed by atoms with Gasteiger partial charge in [-0.15, -0.1) is 10.2 Å². The number of likely N-dealkylation sites (tertiary alicyclic amines) is 1. The van der Waals surface area contributed by atoms with Gasteiger partial charge in [0.2, 0.25) is 5.95 Å². The minimum atomic E-state index is 0.342. The smallest absolute Gasteiger partial charge is 0.221 e. The number of hydrogen-bond acceptors (Lipinski definition) is 7. The normalized spacial score (nSPS) is 21.9. The molecule has 27 heavy (non-hydrogen) atoms. The lowest BCUT2D eigenvalue weighted by atomic mass is 9.96. The number of piperidine rings is 1. The second kappa shape index (κ2) is 7.07. The summed E-state index contributed by atoms with van der Waals surface area (Å²) in [5, 5.41) is 9.30. The van der Waals surface area contributed by atoms with Crippen molar-refractivity contribution in [1.29, 1.82) is 0 Å². The minimum Gasteiger partial charge on any atom is -0.368 e. The Morgan fingerprint density at radius 1 is 1.00 bits per heavy atom. The van der Waals surface area contributed by atoms with Gasteiger partial charge < -0.3 is 15.2 Å². The highest BCUT2D eigenvalue weighted by Crippen LogP contribution is 2.40. The molecule has 2 saturated heterocycles. The van der Waals surface area contributed by atoms with Crippen molar-refractivity contribution >= 4 is 11.8 Å². The number of hydrogen-bond donors (Lipinski definition) is 1. The molecule has 5 rings (SSSR count). The van der Waals surface area contributed by atoms with Crippen LogP contribution in [0.15, 0.2) is 12.3 Å². The lowest BCUT2D eigenvalue weighted by Gasteiger charge is -2.32. The molecule has 3 aliphatic rings. The molecular formula is C19H28N8. The molecule has 8 nitrogen and oxygen atoms in total. The zero-order chi connectivity index (χ0) is 18.2. The summed E-state index contributed by atoms with van der Waals surface area (Å²) >= 11 is 0. The van der Waals surface area contributed by atoms with Crippen molar-refractivity contribution in [2.75, 3.05) is 36.8 Å². The van der Waals surface area contributed by atoms with Crippen LogP contribution in [0.1, 0.15) is 62.1 Å². The van der Waals surface area contributed by atoms with E-state index in [9.17, 15) is 0 Å². The fourth-order valence-corrected chi connectivity index (χ4v) is 4.50. The van der Waals surface area contributed by atoms with E-state index >= 15 is 0 Å². The molecule has 2 N–H and O–H groups in total. The van der Waals surface area contributed by atoms with Crippen molar-refractivity contribution in [3.8, 4) is 0 Å². The van der Waals surface area contributed by atoms with Gasteiger partial charge in [0.05, 0.1) is 6.54 Å². The third kappa shape index (κ3) is 3.50. The van der Waals surface area contributed by atoms with Crippen LogP contribution in [0.2, 0.25) is 0 Å². The zero-order valence-electron chi connectivity index (χ0n) is 15.8. The summed E-state index contributed by atoms with van der Waals surface area (Å²) in [7, 11) is 0. The van der Waals surface area contributed by atoms with Gasteiger partial charge >= 0.3 is 0 Å². The molecule has 0 spiro atoms. The van der Waals surface area contributed by atoms with Crippen molar-refractivity contribution in [3.05, 3.63) is 23.9 Å². The molecule has 3 fully saturated rings. The lowest BCUT2D eigenvalue weighted by Crippen LogP contribution is -2.34. The van der Waals surface area contributed by atoms with Gasteiger partial charge in [-0.05, 0) is 57.7 Å². The van der Waals surface area contributed by atoms with Crippen LogP contribution in [0.25, 0.3) is 0 Å². The second-order valence-electron chi connectivity index (χ2n) is 8.09. The molecule has 144 valence electrons. The maximum Gasteiger partial charge on any atom is 0.221 e. The molecule has 1 aliphatic carbocycles. The summed E-state index contributed by atoms with van der Waals surface area (Å²) in [5.41, 5.74) is 5.74. The van der Waals surface area contributed by atoms with Gasteiger partial charge in [-0.25, -0.2) is 4.98 Å². The maximum atomic E-state index is 5.74. The first kappa shape index (κ1) is 16.9. The topological polar surface area (TPSA) is 89.0 Å². The Hall–Kier alpha value is -2.22. The Bertz CT molecular complexity index is 785. The SMILES string of the molecule is Nc1nccc(N2CCC(c3nnc(CN4CCCC4)n3C3CC3)CC2)n1. The standard InChI is InChI=1S/C19H28N8/c20-19-21-8-5-16(22-19)26-11-6-14(7-12-26)18-24-23-17(27(18)15-3-4-15)13-25-9-1-2-10-25/h5,8,14-15H,1-4,6-7,9-13H2,(H2,20,21,22). The largest absolute Gasteiger partial charge is 0.368 e. The van der Waals surface area contributed by atoms with Crippen LogP contribution in [-0.2, 0) is 6.54 Å². The first-order chi connectivity index (χ1) is 13.3. The summed E-state index contributed by atoms with van der Waals surface area (Å²) in [5.74, 6) is 4.16. The first-order valence-corrected chi connectivity index (χ1v) is 10.3. The fourth-order valence-electron chi connectivity index (χ4n) is 4.50. The van der Waals surface area contributed by atoms with Gasteiger partial charge in [0.25, 0.3) is 0 Å². The Balaban J connectivity index is 1.30. The van der Waals surface area contributed by atoms with Gasteiger partial charge in [0.1, 0.15) is 17.5 Å². The fraction of sp³-hybridized carbons (Fsp3) is 0.684. The van der Waals surface area contributed by atoms with E-state index in [0.29, 0.717) is 17.9 Å². The number of aromatic nitrogens is 5. The monoisotopic (exact) mass is 368 g/mol. The Morgan fingerprint density at radius 2 is 1.78 bits per heavy atom. The second-order valence-corrected chi connectivity index (χ2v) is 8.09. The molecule has 2 aromatic heterocycles.